The summed E-state index contributed by atoms with van der Waals surface area (Å²) in [5, 5.41) is 4.88. The first kappa shape index (κ1) is 14.1. The average Bonchev–Trinajstić information content (AvgIpc) is 3.06. The average molecular weight is 304 g/mol. The van der Waals surface area contributed by atoms with Crippen molar-refractivity contribution in [3.63, 3.8) is 0 Å². The molecule has 0 N–H and O–H groups in total. The van der Waals surface area contributed by atoms with Gasteiger partial charge < -0.3 is 4.90 Å². The molecular weight excluding hydrogens is 286 g/mol. The number of amides is 1. The lowest BCUT2D eigenvalue weighted by molar-refractivity contribution is 0.0735. The van der Waals surface area contributed by atoms with Gasteiger partial charge in [0.15, 0.2) is 0 Å². The minimum atomic E-state index is 0.0792. The number of carbonyl (C=O) groups excluding carboxylic acids is 1. The number of carbonyl (C=O) groups is 1. The molecule has 1 saturated heterocycles. The van der Waals surface area contributed by atoms with E-state index in [9.17, 15) is 4.79 Å². The Labute approximate surface area is 129 Å². The Hall–Kier alpha value is -1.81. The van der Waals surface area contributed by atoms with Crippen molar-refractivity contribution in [3.05, 3.63) is 52.3 Å². The van der Waals surface area contributed by atoms with Gasteiger partial charge in [0.1, 0.15) is 0 Å². The van der Waals surface area contributed by atoms with Gasteiger partial charge in [-0.1, -0.05) is 11.6 Å². The van der Waals surface area contributed by atoms with E-state index in [4.69, 9.17) is 11.6 Å². The summed E-state index contributed by atoms with van der Waals surface area (Å²) >= 11 is 5.97. The van der Waals surface area contributed by atoms with E-state index in [1.54, 1.807) is 10.7 Å². The van der Waals surface area contributed by atoms with Crippen molar-refractivity contribution in [2.45, 2.75) is 25.8 Å². The zero-order chi connectivity index (χ0) is 15.0. The van der Waals surface area contributed by atoms with Crippen molar-refractivity contribution in [2.24, 2.45) is 7.05 Å². The lowest BCUT2D eigenvalue weighted by Gasteiger charge is -2.24. The lowest BCUT2D eigenvalue weighted by Crippen LogP contribution is -2.30. The highest BCUT2D eigenvalue weighted by molar-refractivity contribution is 6.30. The van der Waals surface area contributed by atoms with Crippen LogP contribution >= 0.6 is 11.6 Å². The summed E-state index contributed by atoms with van der Waals surface area (Å²) in [6.07, 6.45) is 5.86. The largest absolute Gasteiger partial charge is 0.331 e. The third-order valence-corrected chi connectivity index (χ3v) is 4.28. The number of halogens is 1. The van der Waals surface area contributed by atoms with Crippen molar-refractivity contribution in [1.29, 1.82) is 0 Å². The van der Waals surface area contributed by atoms with E-state index in [0.29, 0.717) is 5.02 Å². The molecule has 0 bridgehead atoms. The van der Waals surface area contributed by atoms with Gasteiger partial charge in [-0.3, -0.25) is 9.48 Å². The summed E-state index contributed by atoms with van der Waals surface area (Å²) in [7, 11) is 1.90. The first-order chi connectivity index (χ1) is 10.1. The van der Waals surface area contributed by atoms with E-state index in [1.807, 2.05) is 43.4 Å². The second-order valence-electron chi connectivity index (χ2n) is 5.56. The number of likely N-dealkylation sites (tertiary alicyclic amines) is 1. The summed E-state index contributed by atoms with van der Waals surface area (Å²) < 4.78 is 1.78. The molecule has 1 aromatic carbocycles. The van der Waals surface area contributed by atoms with E-state index < -0.39 is 0 Å². The summed E-state index contributed by atoms with van der Waals surface area (Å²) in [6, 6.07) is 5.56. The lowest BCUT2D eigenvalue weighted by atomic mass is 10.1. The fraction of sp³-hybridized carbons (Fsp3) is 0.375. The Bertz CT molecular complexity index is 680. The summed E-state index contributed by atoms with van der Waals surface area (Å²) in [4.78, 5) is 14.8. The second-order valence-corrected chi connectivity index (χ2v) is 6.00. The van der Waals surface area contributed by atoms with Crippen LogP contribution in [0.25, 0.3) is 0 Å². The third-order valence-electron chi connectivity index (χ3n) is 4.04. The molecule has 1 aliphatic rings. The Kier molecular flexibility index (Phi) is 3.72. The third kappa shape index (κ3) is 2.68. The first-order valence-electron chi connectivity index (χ1n) is 7.12. The fourth-order valence-corrected chi connectivity index (χ4v) is 3.22. The first-order valence-corrected chi connectivity index (χ1v) is 7.50. The predicted octanol–water partition coefficient (Wildman–Crippen LogP) is 3.36. The van der Waals surface area contributed by atoms with Gasteiger partial charge in [-0.15, -0.1) is 0 Å². The zero-order valence-electron chi connectivity index (χ0n) is 12.2. The van der Waals surface area contributed by atoms with Crippen molar-refractivity contribution in [2.75, 3.05) is 6.54 Å². The molecule has 0 aliphatic carbocycles. The minimum absolute atomic E-state index is 0.0792. The quantitative estimate of drug-likeness (QED) is 0.853. The van der Waals surface area contributed by atoms with Gasteiger partial charge in [-0.05, 0) is 43.5 Å². The number of hydrogen-bond acceptors (Lipinski definition) is 2. The van der Waals surface area contributed by atoms with E-state index in [2.05, 4.69) is 5.10 Å². The maximum Gasteiger partial charge on any atom is 0.254 e. The second kappa shape index (κ2) is 5.53. The van der Waals surface area contributed by atoms with Crippen molar-refractivity contribution < 1.29 is 4.79 Å². The minimum Gasteiger partial charge on any atom is -0.331 e. The van der Waals surface area contributed by atoms with Crippen LogP contribution in [0.15, 0.2) is 30.6 Å². The van der Waals surface area contributed by atoms with Gasteiger partial charge in [-0.2, -0.15) is 5.10 Å². The Morgan fingerprint density at radius 3 is 2.90 bits per heavy atom. The molecule has 1 aromatic heterocycles. The number of nitrogens with zero attached hydrogens (tertiary/aromatic N) is 3. The molecular formula is C16H18ClN3O. The topological polar surface area (TPSA) is 38.1 Å². The molecule has 2 aromatic rings. The molecule has 4 nitrogen and oxygen atoms in total. The van der Waals surface area contributed by atoms with E-state index in [1.165, 1.54) is 0 Å². The fourth-order valence-electron chi connectivity index (χ4n) is 2.99. The highest BCUT2D eigenvalue weighted by Gasteiger charge is 2.31. The van der Waals surface area contributed by atoms with Crippen molar-refractivity contribution in [1.82, 2.24) is 14.7 Å². The molecule has 5 heteroatoms. The SMILES string of the molecule is Cc1cc(Cl)ccc1C(=O)N1CCC[C@H]1c1cnn(C)c1. The summed E-state index contributed by atoms with van der Waals surface area (Å²) in [5.74, 6) is 0.0792. The predicted molar refractivity (Wildman–Crippen MR) is 82.4 cm³/mol. The number of hydrogen-bond donors (Lipinski definition) is 0. The van der Waals surface area contributed by atoms with Crippen LogP contribution in [0.3, 0.4) is 0 Å². The van der Waals surface area contributed by atoms with Crippen LogP contribution in [0.2, 0.25) is 5.02 Å². The highest BCUT2D eigenvalue weighted by atomic mass is 35.5. The smallest absolute Gasteiger partial charge is 0.254 e. The van der Waals surface area contributed by atoms with Gasteiger partial charge in [0.25, 0.3) is 5.91 Å². The molecule has 110 valence electrons. The maximum atomic E-state index is 12.8. The number of rotatable bonds is 2. The Morgan fingerprint density at radius 2 is 2.24 bits per heavy atom. The molecule has 21 heavy (non-hydrogen) atoms. The van der Waals surface area contributed by atoms with E-state index in [0.717, 1.165) is 36.1 Å². The van der Waals surface area contributed by atoms with Gasteiger partial charge in [0.05, 0.1) is 12.2 Å². The standard InChI is InChI=1S/C16H18ClN3O/c1-11-8-13(17)5-6-14(11)16(21)20-7-3-4-15(20)12-9-18-19(2)10-12/h5-6,8-10,15H,3-4,7H2,1-2H3/t15-/m0/s1. The van der Waals surface area contributed by atoms with Crippen LogP contribution in [0.1, 0.15) is 40.4 Å². The molecule has 3 rings (SSSR count). The van der Waals surface area contributed by atoms with E-state index in [-0.39, 0.29) is 11.9 Å². The normalized spacial score (nSPS) is 18.2. The molecule has 0 saturated carbocycles. The van der Waals surface area contributed by atoms with E-state index >= 15 is 0 Å². The van der Waals surface area contributed by atoms with Crippen LogP contribution < -0.4 is 0 Å². The van der Waals surface area contributed by atoms with Gasteiger partial charge in [-0.25, -0.2) is 0 Å². The Morgan fingerprint density at radius 1 is 1.43 bits per heavy atom. The summed E-state index contributed by atoms with van der Waals surface area (Å²) in [6.45, 7) is 2.72. The van der Waals surface area contributed by atoms with Crippen LogP contribution in [0.5, 0.6) is 0 Å². The van der Waals surface area contributed by atoms with Crippen LogP contribution in [-0.4, -0.2) is 27.1 Å². The molecule has 0 radical (unpaired) electrons. The number of benzene rings is 1. The number of aromatic nitrogens is 2. The van der Waals surface area contributed by atoms with Crippen molar-refractivity contribution >= 4 is 17.5 Å². The van der Waals surface area contributed by atoms with Gasteiger partial charge in [0.2, 0.25) is 0 Å². The molecule has 1 amide bonds. The maximum absolute atomic E-state index is 12.8. The van der Waals surface area contributed by atoms with Crippen LogP contribution in [0, 0.1) is 6.92 Å². The Balaban J connectivity index is 1.89. The highest BCUT2D eigenvalue weighted by Crippen LogP contribution is 2.33. The molecule has 0 unspecified atom stereocenters. The molecule has 0 spiro atoms. The molecule has 1 atom stereocenters. The van der Waals surface area contributed by atoms with Crippen molar-refractivity contribution in [3.8, 4) is 0 Å². The monoisotopic (exact) mass is 303 g/mol. The molecule has 2 heterocycles. The van der Waals surface area contributed by atoms with Gasteiger partial charge in [0, 0.05) is 35.9 Å². The molecule has 1 fully saturated rings. The van der Waals surface area contributed by atoms with Crippen LogP contribution in [-0.2, 0) is 7.05 Å². The molecule has 1 aliphatic heterocycles. The van der Waals surface area contributed by atoms with Crippen LogP contribution in [0.4, 0.5) is 0 Å². The number of aryl methyl sites for hydroxylation is 2. The summed E-state index contributed by atoms with van der Waals surface area (Å²) in [5.41, 5.74) is 2.76. The van der Waals surface area contributed by atoms with Gasteiger partial charge >= 0.3 is 0 Å². The zero-order valence-corrected chi connectivity index (χ0v) is 13.0.